The predicted octanol–water partition coefficient (Wildman–Crippen LogP) is 2.26. The molecule has 2 fully saturated rings. The van der Waals surface area contributed by atoms with E-state index in [1.807, 2.05) is 18.7 Å². The van der Waals surface area contributed by atoms with E-state index >= 15 is 0 Å². The summed E-state index contributed by atoms with van der Waals surface area (Å²) in [5.41, 5.74) is 1.68. The molecule has 1 spiro atoms. The summed E-state index contributed by atoms with van der Waals surface area (Å²) in [5.74, 6) is 0.881. The minimum atomic E-state index is 0.0682. The summed E-state index contributed by atoms with van der Waals surface area (Å²) in [5, 5.41) is 8.60. The van der Waals surface area contributed by atoms with Crippen molar-refractivity contribution in [3.05, 3.63) is 11.4 Å². The lowest BCUT2D eigenvalue weighted by molar-refractivity contribution is 0.0765. The molecule has 1 aromatic heterocycles. The number of rotatable bonds is 2. The van der Waals surface area contributed by atoms with Gasteiger partial charge in [-0.1, -0.05) is 13.3 Å². The molecule has 1 saturated carbocycles. The van der Waals surface area contributed by atoms with Crippen LogP contribution in [0.15, 0.2) is 0 Å². The standard InChI is InChI=1S/C15H24N4O/c1-4-19-16-12(3)13(17-19)14(20)18-8-7-15(10-18)6-5-11(2)9-15/h11H,4-10H2,1-3H3. The zero-order chi connectivity index (χ0) is 14.3. The van der Waals surface area contributed by atoms with Gasteiger partial charge in [0.2, 0.25) is 0 Å². The topological polar surface area (TPSA) is 51.0 Å². The van der Waals surface area contributed by atoms with Gasteiger partial charge in [-0.25, -0.2) is 0 Å². The van der Waals surface area contributed by atoms with Gasteiger partial charge in [0.15, 0.2) is 5.69 Å². The summed E-state index contributed by atoms with van der Waals surface area (Å²) in [7, 11) is 0. The Morgan fingerprint density at radius 1 is 1.40 bits per heavy atom. The Hall–Kier alpha value is -1.39. The first-order chi connectivity index (χ1) is 9.53. The maximum absolute atomic E-state index is 12.6. The highest BCUT2D eigenvalue weighted by Crippen LogP contribution is 2.48. The molecule has 20 heavy (non-hydrogen) atoms. The van der Waals surface area contributed by atoms with Gasteiger partial charge in [0, 0.05) is 13.1 Å². The fourth-order valence-electron chi connectivity index (χ4n) is 3.89. The Morgan fingerprint density at radius 3 is 2.80 bits per heavy atom. The Bertz CT molecular complexity index is 524. The van der Waals surface area contributed by atoms with Crippen LogP contribution in [-0.4, -0.2) is 38.9 Å². The van der Waals surface area contributed by atoms with Crippen molar-refractivity contribution in [2.45, 2.75) is 53.0 Å². The molecule has 1 saturated heterocycles. The Kier molecular flexibility index (Phi) is 3.30. The summed E-state index contributed by atoms with van der Waals surface area (Å²) in [6, 6.07) is 0. The van der Waals surface area contributed by atoms with Gasteiger partial charge in [0.1, 0.15) is 0 Å². The molecule has 1 aromatic rings. The van der Waals surface area contributed by atoms with E-state index in [-0.39, 0.29) is 5.91 Å². The van der Waals surface area contributed by atoms with Crippen molar-refractivity contribution < 1.29 is 4.79 Å². The molecular formula is C15H24N4O. The normalized spacial score (nSPS) is 29.6. The zero-order valence-electron chi connectivity index (χ0n) is 12.7. The van der Waals surface area contributed by atoms with Crippen LogP contribution in [-0.2, 0) is 6.54 Å². The second-order valence-corrected chi connectivity index (χ2v) is 6.65. The van der Waals surface area contributed by atoms with Gasteiger partial charge in [-0.2, -0.15) is 9.90 Å². The van der Waals surface area contributed by atoms with Crippen LogP contribution in [0.5, 0.6) is 0 Å². The molecule has 0 N–H and O–H groups in total. The lowest BCUT2D eigenvalue weighted by Gasteiger charge is -2.23. The molecule has 2 unspecified atom stereocenters. The summed E-state index contributed by atoms with van der Waals surface area (Å²) in [6.45, 7) is 8.68. The Labute approximate surface area is 120 Å². The van der Waals surface area contributed by atoms with Crippen LogP contribution in [0.3, 0.4) is 0 Å². The number of aryl methyl sites for hydroxylation is 2. The molecule has 0 bridgehead atoms. The molecule has 0 radical (unpaired) electrons. The first kappa shape index (κ1) is 13.6. The molecule has 5 nitrogen and oxygen atoms in total. The predicted molar refractivity (Wildman–Crippen MR) is 76.4 cm³/mol. The van der Waals surface area contributed by atoms with E-state index in [4.69, 9.17) is 0 Å². The third kappa shape index (κ3) is 2.23. The van der Waals surface area contributed by atoms with E-state index < -0.39 is 0 Å². The lowest BCUT2D eigenvalue weighted by Crippen LogP contribution is -2.32. The fraction of sp³-hybridized carbons (Fsp3) is 0.800. The molecule has 1 aliphatic heterocycles. The van der Waals surface area contributed by atoms with Gasteiger partial charge in [0.05, 0.1) is 12.2 Å². The molecular weight excluding hydrogens is 252 g/mol. The molecule has 1 aliphatic carbocycles. The molecule has 2 atom stereocenters. The summed E-state index contributed by atoms with van der Waals surface area (Å²) >= 11 is 0. The lowest BCUT2D eigenvalue weighted by atomic mass is 9.85. The first-order valence-electron chi connectivity index (χ1n) is 7.74. The van der Waals surface area contributed by atoms with E-state index in [9.17, 15) is 4.79 Å². The van der Waals surface area contributed by atoms with Crippen molar-refractivity contribution in [2.24, 2.45) is 11.3 Å². The van der Waals surface area contributed by atoms with E-state index in [2.05, 4.69) is 17.1 Å². The quantitative estimate of drug-likeness (QED) is 0.832. The smallest absolute Gasteiger partial charge is 0.276 e. The number of carbonyl (C=O) groups excluding carboxylic acids is 1. The SMILES string of the molecule is CCn1nc(C)c(C(=O)N2CCC3(CCC(C)C3)C2)n1. The van der Waals surface area contributed by atoms with E-state index in [0.717, 1.165) is 31.1 Å². The van der Waals surface area contributed by atoms with Gasteiger partial charge in [-0.05, 0) is 44.4 Å². The minimum absolute atomic E-state index is 0.0682. The second kappa shape index (κ2) is 4.86. The van der Waals surface area contributed by atoms with Gasteiger partial charge in [-0.15, -0.1) is 5.10 Å². The van der Waals surface area contributed by atoms with Crippen molar-refractivity contribution in [2.75, 3.05) is 13.1 Å². The highest BCUT2D eigenvalue weighted by Gasteiger charge is 2.44. The summed E-state index contributed by atoms with van der Waals surface area (Å²) in [4.78, 5) is 16.2. The molecule has 1 amide bonds. The number of hydrogen-bond acceptors (Lipinski definition) is 3. The molecule has 2 heterocycles. The second-order valence-electron chi connectivity index (χ2n) is 6.65. The van der Waals surface area contributed by atoms with E-state index in [0.29, 0.717) is 17.7 Å². The van der Waals surface area contributed by atoms with Crippen LogP contribution >= 0.6 is 0 Å². The first-order valence-corrected chi connectivity index (χ1v) is 7.74. The van der Waals surface area contributed by atoms with Crippen molar-refractivity contribution in [1.82, 2.24) is 19.9 Å². The van der Waals surface area contributed by atoms with Gasteiger partial charge >= 0.3 is 0 Å². The number of amides is 1. The molecule has 0 aromatic carbocycles. The van der Waals surface area contributed by atoms with Crippen LogP contribution in [0, 0.1) is 18.3 Å². The van der Waals surface area contributed by atoms with Crippen LogP contribution in [0.25, 0.3) is 0 Å². The van der Waals surface area contributed by atoms with Gasteiger partial charge in [0.25, 0.3) is 5.91 Å². The number of likely N-dealkylation sites (tertiary alicyclic amines) is 1. The third-order valence-corrected chi connectivity index (χ3v) is 4.98. The average molecular weight is 276 g/mol. The van der Waals surface area contributed by atoms with Gasteiger partial charge < -0.3 is 4.90 Å². The zero-order valence-corrected chi connectivity index (χ0v) is 12.7. The molecule has 2 aliphatic rings. The van der Waals surface area contributed by atoms with Crippen LogP contribution < -0.4 is 0 Å². The van der Waals surface area contributed by atoms with E-state index in [1.54, 1.807) is 4.80 Å². The molecule has 3 rings (SSSR count). The molecule has 110 valence electrons. The van der Waals surface area contributed by atoms with Crippen molar-refractivity contribution in [1.29, 1.82) is 0 Å². The minimum Gasteiger partial charge on any atom is -0.337 e. The number of nitrogens with zero attached hydrogens (tertiary/aromatic N) is 4. The maximum Gasteiger partial charge on any atom is 0.276 e. The average Bonchev–Trinajstić information content (AvgIpc) is 3.10. The Balaban J connectivity index is 1.74. The highest BCUT2D eigenvalue weighted by molar-refractivity contribution is 5.93. The monoisotopic (exact) mass is 276 g/mol. The Morgan fingerprint density at radius 2 is 2.20 bits per heavy atom. The maximum atomic E-state index is 12.6. The molecule has 5 heteroatoms. The summed E-state index contributed by atoms with van der Waals surface area (Å²) in [6.07, 6.45) is 5.02. The highest BCUT2D eigenvalue weighted by atomic mass is 16.2. The number of aromatic nitrogens is 3. The largest absolute Gasteiger partial charge is 0.337 e. The van der Waals surface area contributed by atoms with Crippen molar-refractivity contribution >= 4 is 5.91 Å². The number of hydrogen-bond donors (Lipinski definition) is 0. The van der Waals surface area contributed by atoms with Crippen molar-refractivity contribution in [3.8, 4) is 0 Å². The van der Waals surface area contributed by atoms with Crippen LogP contribution in [0.2, 0.25) is 0 Å². The fourth-order valence-corrected chi connectivity index (χ4v) is 3.89. The van der Waals surface area contributed by atoms with Crippen LogP contribution in [0.1, 0.15) is 55.7 Å². The van der Waals surface area contributed by atoms with E-state index in [1.165, 1.54) is 19.3 Å². The third-order valence-electron chi connectivity index (χ3n) is 4.98. The van der Waals surface area contributed by atoms with Crippen molar-refractivity contribution in [3.63, 3.8) is 0 Å². The summed E-state index contributed by atoms with van der Waals surface area (Å²) < 4.78 is 0. The number of carbonyl (C=O) groups is 1. The van der Waals surface area contributed by atoms with Crippen LogP contribution in [0.4, 0.5) is 0 Å². The van der Waals surface area contributed by atoms with Gasteiger partial charge in [-0.3, -0.25) is 4.79 Å².